The van der Waals surface area contributed by atoms with E-state index in [1.165, 1.54) is 24.0 Å². The van der Waals surface area contributed by atoms with Crippen LogP contribution in [-0.2, 0) is 16.8 Å². The molecule has 0 fully saturated rings. The summed E-state index contributed by atoms with van der Waals surface area (Å²) in [6, 6.07) is 20.8. The molecule has 0 spiro atoms. The molecule has 0 saturated heterocycles. The van der Waals surface area contributed by atoms with Gasteiger partial charge in [0.05, 0.1) is 22.9 Å². The molecule has 3 aromatic carbocycles. The number of carbonyl (C=O) groups excluding carboxylic acids is 1. The molecule has 4 rings (SSSR count). The summed E-state index contributed by atoms with van der Waals surface area (Å²) >= 11 is 7.41. The molecule has 0 aliphatic rings. The highest BCUT2D eigenvalue weighted by atomic mass is 35.5. The summed E-state index contributed by atoms with van der Waals surface area (Å²) in [7, 11) is 0. The molecule has 34 heavy (non-hydrogen) atoms. The van der Waals surface area contributed by atoms with Gasteiger partial charge < -0.3 is 4.84 Å². The fourth-order valence-electron chi connectivity index (χ4n) is 3.06. The molecule has 4 nitrogen and oxygen atoms in total. The Morgan fingerprint density at radius 2 is 1.79 bits per heavy atom. The predicted molar refractivity (Wildman–Crippen MR) is 127 cm³/mol. The maximum absolute atomic E-state index is 12.9. The van der Waals surface area contributed by atoms with Crippen molar-refractivity contribution in [1.29, 1.82) is 0 Å². The van der Waals surface area contributed by atoms with Crippen LogP contribution in [0.25, 0.3) is 10.9 Å². The number of oxime groups is 1. The van der Waals surface area contributed by atoms with Gasteiger partial charge in [-0.2, -0.15) is 13.2 Å². The standard InChI is InChI=1S/C25H16ClF3N2O2S/c26-21-10-8-16(9-11-21)15-34-23-19(12-17-4-1-2-7-22(17)31-23)14-30-33-24(32)18-5-3-6-20(13-18)25(27,28)29/h1-14H,15H2/b30-14+. The first-order chi connectivity index (χ1) is 16.3. The van der Waals surface area contributed by atoms with Crippen molar-refractivity contribution in [2.75, 3.05) is 0 Å². The van der Waals surface area contributed by atoms with E-state index in [0.29, 0.717) is 21.4 Å². The lowest BCUT2D eigenvalue weighted by molar-refractivity contribution is -0.137. The van der Waals surface area contributed by atoms with Crippen molar-refractivity contribution in [3.8, 4) is 0 Å². The molecule has 0 radical (unpaired) electrons. The van der Waals surface area contributed by atoms with Crippen LogP contribution in [0.5, 0.6) is 0 Å². The maximum atomic E-state index is 12.9. The number of carbonyl (C=O) groups is 1. The third kappa shape index (κ3) is 5.95. The summed E-state index contributed by atoms with van der Waals surface area (Å²) in [6.45, 7) is 0. The first-order valence-electron chi connectivity index (χ1n) is 9.98. The van der Waals surface area contributed by atoms with E-state index < -0.39 is 17.7 Å². The number of alkyl halides is 3. The molecule has 0 unspecified atom stereocenters. The van der Waals surface area contributed by atoms with Gasteiger partial charge in [-0.05, 0) is 48.0 Å². The lowest BCUT2D eigenvalue weighted by Crippen LogP contribution is -2.08. The van der Waals surface area contributed by atoms with Gasteiger partial charge in [-0.25, -0.2) is 9.78 Å². The summed E-state index contributed by atoms with van der Waals surface area (Å²) in [5, 5.41) is 5.89. The molecular weight excluding hydrogens is 485 g/mol. The minimum absolute atomic E-state index is 0.249. The van der Waals surface area contributed by atoms with Gasteiger partial charge in [0.2, 0.25) is 0 Å². The Morgan fingerprint density at radius 1 is 1.03 bits per heavy atom. The van der Waals surface area contributed by atoms with Crippen molar-refractivity contribution < 1.29 is 22.8 Å². The smallest absolute Gasteiger partial charge is 0.313 e. The zero-order valence-corrected chi connectivity index (χ0v) is 19.0. The van der Waals surface area contributed by atoms with E-state index in [-0.39, 0.29) is 5.56 Å². The van der Waals surface area contributed by atoms with E-state index in [4.69, 9.17) is 16.4 Å². The van der Waals surface area contributed by atoms with Crippen LogP contribution in [-0.4, -0.2) is 17.2 Å². The monoisotopic (exact) mass is 500 g/mol. The van der Waals surface area contributed by atoms with Gasteiger partial charge in [0, 0.05) is 21.7 Å². The number of benzene rings is 3. The first kappa shape index (κ1) is 23.8. The third-order valence-corrected chi connectivity index (χ3v) is 6.09. The van der Waals surface area contributed by atoms with Crippen LogP contribution in [0, 0.1) is 0 Å². The summed E-state index contributed by atoms with van der Waals surface area (Å²) < 4.78 is 38.7. The van der Waals surface area contributed by atoms with E-state index in [1.54, 1.807) is 12.1 Å². The second kappa shape index (κ2) is 10.3. The minimum atomic E-state index is -4.56. The van der Waals surface area contributed by atoms with Gasteiger partial charge in [0.15, 0.2) is 0 Å². The Labute approximate surface area is 202 Å². The van der Waals surface area contributed by atoms with E-state index >= 15 is 0 Å². The molecular formula is C25H16ClF3N2O2S. The Kier molecular flexibility index (Phi) is 7.19. The number of nitrogens with zero attached hydrogens (tertiary/aromatic N) is 2. The van der Waals surface area contributed by atoms with Gasteiger partial charge >= 0.3 is 12.1 Å². The maximum Gasteiger partial charge on any atom is 0.416 e. The van der Waals surface area contributed by atoms with Crippen molar-refractivity contribution in [2.45, 2.75) is 17.0 Å². The molecule has 4 aromatic rings. The molecule has 1 aromatic heterocycles. The molecule has 0 N–H and O–H groups in total. The number of halogens is 4. The van der Waals surface area contributed by atoms with Crippen LogP contribution < -0.4 is 0 Å². The van der Waals surface area contributed by atoms with Crippen LogP contribution in [0.3, 0.4) is 0 Å². The molecule has 172 valence electrons. The van der Waals surface area contributed by atoms with Crippen LogP contribution in [0.2, 0.25) is 5.02 Å². The Bertz CT molecular complexity index is 1360. The Morgan fingerprint density at radius 3 is 2.56 bits per heavy atom. The molecule has 0 aliphatic carbocycles. The van der Waals surface area contributed by atoms with Crippen molar-refractivity contribution in [2.24, 2.45) is 5.16 Å². The number of fused-ring (bicyclic) bond motifs is 1. The van der Waals surface area contributed by atoms with Gasteiger partial charge in [0.1, 0.15) is 5.03 Å². The highest BCUT2D eigenvalue weighted by Crippen LogP contribution is 2.30. The summed E-state index contributed by atoms with van der Waals surface area (Å²) in [6.07, 6.45) is -3.23. The number of para-hydroxylation sites is 1. The SMILES string of the molecule is O=C(O/N=C/c1cc2ccccc2nc1SCc1ccc(Cl)cc1)c1cccc(C(F)(F)F)c1. The summed E-state index contributed by atoms with van der Waals surface area (Å²) in [4.78, 5) is 21.8. The molecule has 0 bridgehead atoms. The van der Waals surface area contributed by atoms with Gasteiger partial charge in [-0.1, -0.05) is 53.2 Å². The second-order valence-electron chi connectivity index (χ2n) is 7.18. The first-order valence-corrected chi connectivity index (χ1v) is 11.3. The topological polar surface area (TPSA) is 51.5 Å². The number of rotatable bonds is 6. The number of hydrogen-bond donors (Lipinski definition) is 0. The Balaban J connectivity index is 1.54. The van der Waals surface area contributed by atoms with E-state index in [2.05, 4.69) is 10.1 Å². The van der Waals surface area contributed by atoms with Crippen LogP contribution in [0.4, 0.5) is 13.2 Å². The van der Waals surface area contributed by atoms with Crippen LogP contribution in [0.15, 0.2) is 89.0 Å². The lowest BCUT2D eigenvalue weighted by atomic mass is 10.1. The molecule has 0 aliphatic heterocycles. The molecule has 0 saturated carbocycles. The summed E-state index contributed by atoms with van der Waals surface area (Å²) in [5.41, 5.74) is 1.25. The highest BCUT2D eigenvalue weighted by molar-refractivity contribution is 7.98. The fourth-order valence-corrected chi connectivity index (χ4v) is 4.12. The van der Waals surface area contributed by atoms with Gasteiger partial charge in [-0.3, -0.25) is 0 Å². The van der Waals surface area contributed by atoms with Gasteiger partial charge in [-0.15, -0.1) is 11.8 Å². The zero-order valence-electron chi connectivity index (χ0n) is 17.4. The van der Waals surface area contributed by atoms with E-state index in [0.717, 1.165) is 34.7 Å². The van der Waals surface area contributed by atoms with Crippen molar-refractivity contribution in [1.82, 2.24) is 4.98 Å². The van der Waals surface area contributed by atoms with Crippen molar-refractivity contribution >= 4 is 46.4 Å². The van der Waals surface area contributed by atoms with Crippen LogP contribution >= 0.6 is 23.4 Å². The normalized spacial score (nSPS) is 11.8. The molecule has 0 amide bonds. The largest absolute Gasteiger partial charge is 0.416 e. The Hall–Kier alpha value is -3.36. The quantitative estimate of drug-likeness (QED) is 0.120. The average Bonchev–Trinajstić information content (AvgIpc) is 2.83. The average molecular weight is 501 g/mol. The minimum Gasteiger partial charge on any atom is -0.313 e. The molecule has 0 atom stereocenters. The van der Waals surface area contributed by atoms with E-state index in [1.807, 2.05) is 42.5 Å². The highest BCUT2D eigenvalue weighted by Gasteiger charge is 2.31. The fraction of sp³-hybridized carbons (Fsp3) is 0.0800. The number of hydrogen-bond acceptors (Lipinski definition) is 5. The summed E-state index contributed by atoms with van der Waals surface area (Å²) in [5.74, 6) is -0.376. The van der Waals surface area contributed by atoms with Crippen molar-refractivity contribution in [3.63, 3.8) is 0 Å². The second-order valence-corrected chi connectivity index (χ2v) is 8.58. The van der Waals surface area contributed by atoms with Gasteiger partial charge in [0.25, 0.3) is 0 Å². The van der Waals surface area contributed by atoms with Crippen molar-refractivity contribution in [3.05, 3.63) is 106 Å². The third-order valence-electron chi connectivity index (χ3n) is 4.76. The molecule has 1 heterocycles. The molecule has 9 heteroatoms. The van der Waals surface area contributed by atoms with E-state index in [9.17, 15) is 18.0 Å². The number of aromatic nitrogens is 1. The van der Waals surface area contributed by atoms with Crippen LogP contribution in [0.1, 0.15) is 27.0 Å². The lowest BCUT2D eigenvalue weighted by Gasteiger charge is -2.08. The number of pyridine rings is 1. The zero-order chi connectivity index (χ0) is 24.1. The predicted octanol–water partition coefficient (Wildman–Crippen LogP) is 7.39. The number of thioether (sulfide) groups is 1.